The van der Waals surface area contributed by atoms with Crippen LogP contribution in [0.25, 0.3) is 0 Å². The van der Waals surface area contributed by atoms with Crippen LogP contribution in [-0.4, -0.2) is 22.0 Å². The fourth-order valence-electron chi connectivity index (χ4n) is 2.03. The van der Waals surface area contributed by atoms with Gasteiger partial charge in [-0.25, -0.2) is 9.97 Å². The average molecular weight is 335 g/mol. The molecule has 1 N–H and O–H groups in total. The van der Waals surface area contributed by atoms with Crippen LogP contribution in [0.3, 0.4) is 0 Å². The number of amides is 1. The van der Waals surface area contributed by atoms with Crippen LogP contribution in [-0.2, 0) is 4.79 Å². The lowest BCUT2D eigenvalue weighted by Crippen LogP contribution is -2.30. The van der Waals surface area contributed by atoms with Crippen LogP contribution in [0.15, 0.2) is 73.1 Å². The maximum absolute atomic E-state index is 12.2. The molecule has 0 aliphatic rings. The third kappa shape index (κ3) is 4.78. The fraction of sp³-hybridized carbons (Fsp3) is 0.105. The number of ether oxygens (including phenoxy) is 2. The molecule has 1 amide bonds. The molecule has 6 heteroatoms. The number of aromatic nitrogens is 2. The van der Waals surface area contributed by atoms with Gasteiger partial charge >= 0.3 is 6.01 Å². The summed E-state index contributed by atoms with van der Waals surface area (Å²) in [6.45, 7) is 1.68. The molecule has 0 aliphatic carbocycles. The van der Waals surface area contributed by atoms with Gasteiger partial charge < -0.3 is 14.8 Å². The third-order valence-corrected chi connectivity index (χ3v) is 3.27. The third-order valence-electron chi connectivity index (χ3n) is 3.27. The highest BCUT2D eigenvalue weighted by Crippen LogP contribution is 2.17. The van der Waals surface area contributed by atoms with Crippen LogP contribution in [0.5, 0.6) is 17.5 Å². The van der Waals surface area contributed by atoms with Gasteiger partial charge in [0.05, 0.1) is 18.1 Å². The van der Waals surface area contributed by atoms with Crippen molar-refractivity contribution in [1.29, 1.82) is 0 Å². The minimum atomic E-state index is -0.650. The van der Waals surface area contributed by atoms with Crippen molar-refractivity contribution in [2.45, 2.75) is 13.0 Å². The van der Waals surface area contributed by atoms with Crippen molar-refractivity contribution in [3.63, 3.8) is 0 Å². The van der Waals surface area contributed by atoms with Crippen LogP contribution in [0.4, 0.5) is 5.69 Å². The van der Waals surface area contributed by atoms with Crippen molar-refractivity contribution in [1.82, 2.24) is 9.97 Å². The molecule has 1 atom stereocenters. The molecule has 6 nitrogen and oxygen atoms in total. The summed E-state index contributed by atoms with van der Waals surface area (Å²) in [5.74, 6) is 0.987. The first-order valence-electron chi connectivity index (χ1n) is 7.78. The predicted octanol–water partition coefficient (Wildman–Crippen LogP) is 3.67. The van der Waals surface area contributed by atoms with Crippen molar-refractivity contribution < 1.29 is 14.3 Å². The van der Waals surface area contributed by atoms with Crippen LogP contribution < -0.4 is 14.8 Å². The highest BCUT2D eigenvalue weighted by Gasteiger charge is 2.15. The maximum atomic E-state index is 12.2. The summed E-state index contributed by atoms with van der Waals surface area (Å²) in [5, 5.41) is 2.71. The Morgan fingerprint density at radius 3 is 2.08 bits per heavy atom. The van der Waals surface area contributed by atoms with E-state index in [0.29, 0.717) is 17.2 Å². The first-order chi connectivity index (χ1) is 12.2. The van der Waals surface area contributed by atoms with Crippen LogP contribution >= 0.6 is 0 Å². The number of benzene rings is 2. The molecule has 1 heterocycles. The zero-order chi connectivity index (χ0) is 17.5. The van der Waals surface area contributed by atoms with E-state index in [1.165, 1.54) is 12.4 Å². The van der Waals surface area contributed by atoms with Crippen molar-refractivity contribution >= 4 is 11.6 Å². The van der Waals surface area contributed by atoms with E-state index in [1.54, 1.807) is 19.1 Å². The van der Waals surface area contributed by atoms with E-state index in [4.69, 9.17) is 9.47 Å². The van der Waals surface area contributed by atoms with E-state index >= 15 is 0 Å². The lowest BCUT2D eigenvalue weighted by molar-refractivity contribution is -0.122. The summed E-state index contributed by atoms with van der Waals surface area (Å²) < 4.78 is 11.1. The van der Waals surface area contributed by atoms with E-state index in [1.807, 2.05) is 48.5 Å². The Bertz CT molecular complexity index is 808. The molecule has 126 valence electrons. The SMILES string of the molecule is CC(Oc1ccccc1)C(=O)Nc1cnc(Oc2ccccc2)nc1. The number of carbonyl (C=O) groups is 1. The Balaban J connectivity index is 1.56. The van der Waals surface area contributed by atoms with E-state index in [-0.39, 0.29) is 11.9 Å². The lowest BCUT2D eigenvalue weighted by Gasteiger charge is -2.14. The molecule has 0 aliphatic heterocycles. The summed E-state index contributed by atoms with van der Waals surface area (Å²) in [5.41, 5.74) is 0.467. The maximum Gasteiger partial charge on any atom is 0.322 e. The molecule has 0 bridgehead atoms. The van der Waals surface area contributed by atoms with Crippen LogP contribution in [0.2, 0.25) is 0 Å². The van der Waals surface area contributed by atoms with Gasteiger partial charge in [-0.15, -0.1) is 0 Å². The number of carbonyl (C=O) groups excluding carboxylic acids is 1. The van der Waals surface area contributed by atoms with Crippen LogP contribution in [0, 0.1) is 0 Å². The summed E-state index contributed by atoms with van der Waals surface area (Å²) in [4.78, 5) is 20.3. The highest BCUT2D eigenvalue weighted by molar-refractivity contribution is 5.93. The molecule has 1 aromatic heterocycles. The van der Waals surface area contributed by atoms with E-state index < -0.39 is 6.10 Å². The van der Waals surface area contributed by atoms with Gasteiger partial charge in [0.2, 0.25) is 0 Å². The lowest BCUT2D eigenvalue weighted by atomic mass is 10.3. The molecule has 2 aromatic carbocycles. The zero-order valence-corrected chi connectivity index (χ0v) is 13.6. The molecule has 0 radical (unpaired) electrons. The first kappa shape index (κ1) is 16.4. The van der Waals surface area contributed by atoms with Crippen LogP contribution in [0.1, 0.15) is 6.92 Å². The number of para-hydroxylation sites is 2. The van der Waals surface area contributed by atoms with E-state index in [2.05, 4.69) is 15.3 Å². The normalized spacial score (nSPS) is 11.4. The van der Waals surface area contributed by atoms with E-state index in [9.17, 15) is 4.79 Å². The number of nitrogens with one attached hydrogen (secondary N) is 1. The standard InChI is InChI=1S/C19H17N3O3/c1-14(24-16-8-4-2-5-9-16)18(23)22-15-12-20-19(21-13-15)25-17-10-6-3-7-11-17/h2-14H,1H3,(H,22,23). The van der Waals surface area contributed by atoms with Gasteiger partial charge in [0.25, 0.3) is 5.91 Å². The predicted molar refractivity (Wildman–Crippen MR) is 93.7 cm³/mol. The molecule has 1 unspecified atom stereocenters. The largest absolute Gasteiger partial charge is 0.481 e. The molecule has 25 heavy (non-hydrogen) atoms. The van der Waals surface area contributed by atoms with Gasteiger partial charge in [-0.05, 0) is 31.2 Å². The second-order valence-corrected chi connectivity index (χ2v) is 5.23. The molecule has 0 saturated carbocycles. The smallest absolute Gasteiger partial charge is 0.322 e. The molecule has 3 aromatic rings. The van der Waals surface area contributed by atoms with Crippen molar-refractivity contribution in [3.05, 3.63) is 73.1 Å². The van der Waals surface area contributed by atoms with Gasteiger partial charge in [0.1, 0.15) is 11.5 Å². The minimum Gasteiger partial charge on any atom is -0.481 e. The molecule has 0 spiro atoms. The number of anilines is 1. The quantitative estimate of drug-likeness (QED) is 0.744. The summed E-state index contributed by atoms with van der Waals surface area (Å²) >= 11 is 0. The number of hydrogen-bond acceptors (Lipinski definition) is 5. The Hall–Kier alpha value is -3.41. The monoisotopic (exact) mass is 335 g/mol. The average Bonchev–Trinajstić information content (AvgIpc) is 2.65. The van der Waals surface area contributed by atoms with Gasteiger partial charge in [-0.3, -0.25) is 4.79 Å². The second-order valence-electron chi connectivity index (χ2n) is 5.23. The fourth-order valence-corrected chi connectivity index (χ4v) is 2.03. The Kier molecular flexibility index (Phi) is 5.21. The van der Waals surface area contributed by atoms with Crippen molar-refractivity contribution in [2.24, 2.45) is 0 Å². The van der Waals surface area contributed by atoms with Gasteiger partial charge in [0, 0.05) is 0 Å². The molecular formula is C19H17N3O3. The summed E-state index contributed by atoms with van der Waals surface area (Å²) in [6.07, 6.45) is 2.32. The van der Waals surface area contributed by atoms with Crippen molar-refractivity contribution in [2.75, 3.05) is 5.32 Å². The topological polar surface area (TPSA) is 73.3 Å². The Morgan fingerprint density at radius 1 is 0.920 bits per heavy atom. The molecular weight excluding hydrogens is 318 g/mol. The van der Waals surface area contributed by atoms with Crippen molar-refractivity contribution in [3.8, 4) is 17.5 Å². The van der Waals surface area contributed by atoms with E-state index in [0.717, 1.165) is 0 Å². The van der Waals surface area contributed by atoms with Gasteiger partial charge in [-0.1, -0.05) is 36.4 Å². The molecule has 0 fully saturated rings. The number of hydrogen-bond donors (Lipinski definition) is 1. The second kappa shape index (κ2) is 7.92. The summed E-state index contributed by atoms with van der Waals surface area (Å²) in [7, 11) is 0. The number of rotatable bonds is 6. The zero-order valence-electron chi connectivity index (χ0n) is 13.6. The highest BCUT2D eigenvalue weighted by atomic mass is 16.5. The number of nitrogens with zero attached hydrogens (tertiary/aromatic N) is 2. The minimum absolute atomic E-state index is 0.206. The Morgan fingerprint density at radius 2 is 1.48 bits per heavy atom. The first-order valence-corrected chi connectivity index (χ1v) is 7.78. The van der Waals surface area contributed by atoms with Gasteiger partial charge in [0.15, 0.2) is 6.10 Å². The van der Waals surface area contributed by atoms with Gasteiger partial charge in [-0.2, -0.15) is 0 Å². The summed E-state index contributed by atoms with van der Waals surface area (Å²) in [6, 6.07) is 18.6. The Labute approximate surface area is 145 Å². The molecule has 3 rings (SSSR count). The molecule has 0 saturated heterocycles.